The van der Waals surface area contributed by atoms with E-state index >= 15 is 0 Å². The molecular formula is C16H22ClFN2O2. The number of likely N-dealkylation sites (tertiary alicyclic amines) is 1. The van der Waals surface area contributed by atoms with Gasteiger partial charge in [-0.1, -0.05) is 23.7 Å². The Hall–Kier alpha value is -1.17. The van der Waals surface area contributed by atoms with Crippen molar-refractivity contribution in [1.29, 1.82) is 0 Å². The van der Waals surface area contributed by atoms with E-state index in [1.807, 2.05) is 11.9 Å². The fourth-order valence-electron chi connectivity index (χ4n) is 2.99. The first-order valence-electron chi connectivity index (χ1n) is 7.54. The standard InChI is InChI=1S/C16H22ClFN2O2/c1-19(11-15(21)22)13-5-3-8-20(9-7-13)10-12-4-2-6-14(17)16(12)18/h2,4,6,13H,3,5,7-11H2,1H3,(H,21,22). The predicted molar refractivity (Wildman–Crippen MR) is 84.6 cm³/mol. The third kappa shape index (κ3) is 4.66. The highest BCUT2D eigenvalue weighted by Gasteiger charge is 2.22. The lowest BCUT2D eigenvalue weighted by Crippen LogP contribution is -2.36. The molecule has 1 aromatic rings. The molecule has 0 spiro atoms. The van der Waals surface area contributed by atoms with Gasteiger partial charge in [0.05, 0.1) is 11.6 Å². The number of rotatable bonds is 5. The third-order valence-corrected chi connectivity index (χ3v) is 4.52. The molecule has 0 amide bonds. The molecule has 0 bridgehead atoms. The summed E-state index contributed by atoms with van der Waals surface area (Å²) in [5, 5.41) is 9.04. The second-order valence-corrected chi connectivity index (χ2v) is 6.29. The molecule has 6 heteroatoms. The molecule has 4 nitrogen and oxygen atoms in total. The number of benzene rings is 1. The van der Waals surface area contributed by atoms with Gasteiger partial charge in [-0.3, -0.25) is 14.6 Å². The minimum absolute atomic E-state index is 0.0631. The number of nitrogens with zero attached hydrogens (tertiary/aromatic N) is 2. The van der Waals surface area contributed by atoms with Crippen LogP contribution in [0.25, 0.3) is 0 Å². The van der Waals surface area contributed by atoms with Gasteiger partial charge in [-0.05, 0) is 45.5 Å². The average molecular weight is 329 g/mol. The highest BCUT2D eigenvalue weighted by atomic mass is 35.5. The van der Waals surface area contributed by atoms with Crippen LogP contribution in [0.15, 0.2) is 18.2 Å². The van der Waals surface area contributed by atoms with Crippen LogP contribution >= 0.6 is 11.6 Å². The summed E-state index contributed by atoms with van der Waals surface area (Å²) < 4.78 is 14.0. The number of hydrogen-bond donors (Lipinski definition) is 1. The van der Waals surface area contributed by atoms with Crippen molar-refractivity contribution >= 4 is 17.6 Å². The van der Waals surface area contributed by atoms with Gasteiger partial charge in [0.25, 0.3) is 0 Å². The van der Waals surface area contributed by atoms with Crippen LogP contribution in [0.3, 0.4) is 0 Å². The Morgan fingerprint density at radius 3 is 2.95 bits per heavy atom. The van der Waals surface area contributed by atoms with Crippen molar-refractivity contribution in [2.24, 2.45) is 0 Å². The fourth-order valence-corrected chi connectivity index (χ4v) is 3.19. The van der Waals surface area contributed by atoms with E-state index in [1.165, 1.54) is 0 Å². The maximum atomic E-state index is 14.0. The zero-order chi connectivity index (χ0) is 16.1. The molecule has 22 heavy (non-hydrogen) atoms. The molecule has 1 aromatic carbocycles. The summed E-state index contributed by atoms with van der Waals surface area (Å²) >= 11 is 5.82. The molecule has 1 aliphatic heterocycles. The molecule has 1 saturated heterocycles. The summed E-state index contributed by atoms with van der Waals surface area (Å²) in [5.41, 5.74) is 0.616. The van der Waals surface area contributed by atoms with Crippen molar-refractivity contribution in [2.75, 3.05) is 26.7 Å². The van der Waals surface area contributed by atoms with Gasteiger partial charge in [-0.15, -0.1) is 0 Å². The summed E-state index contributed by atoms with van der Waals surface area (Å²) in [7, 11) is 1.85. The number of hydrogen-bond acceptors (Lipinski definition) is 3. The van der Waals surface area contributed by atoms with Crippen LogP contribution in [0.2, 0.25) is 5.02 Å². The van der Waals surface area contributed by atoms with Gasteiger partial charge in [0.1, 0.15) is 5.82 Å². The summed E-state index contributed by atoms with van der Waals surface area (Å²) in [6.07, 6.45) is 2.85. The summed E-state index contributed by atoms with van der Waals surface area (Å²) in [6, 6.07) is 5.35. The van der Waals surface area contributed by atoms with Crippen molar-refractivity contribution in [3.8, 4) is 0 Å². The van der Waals surface area contributed by atoms with E-state index < -0.39 is 5.97 Å². The number of carboxylic acids is 1. The largest absolute Gasteiger partial charge is 0.480 e. The lowest BCUT2D eigenvalue weighted by molar-refractivity contribution is -0.138. The van der Waals surface area contributed by atoms with Crippen LogP contribution in [0.4, 0.5) is 4.39 Å². The van der Waals surface area contributed by atoms with E-state index in [4.69, 9.17) is 16.7 Å². The number of halogens is 2. The number of aliphatic carboxylic acids is 1. The molecule has 1 heterocycles. The zero-order valence-electron chi connectivity index (χ0n) is 12.8. The topological polar surface area (TPSA) is 43.8 Å². The van der Waals surface area contributed by atoms with Gasteiger partial charge in [-0.25, -0.2) is 4.39 Å². The Morgan fingerprint density at radius 2 is 2.23 bits per heavy atom. The van der Waals surface area contributed by atoms with Crippen molar-refractivity contribution in [1.82, 2.24) is 9.80 Å². The van der Waals surface area contributed by atoms with Crippen LogP contribution in [0, 0.1) is 5.82 Å². The van der Waals surface area contributed by atoms with E-state index in [0.717, 1.165) is 32.4 Å². The summed E-state index contributed by atoms with van der Waals surface area (Å²) in [5.74, 6) is -1.14. The number of carboxylic acid groups (broad SMARTS) is 1. The zero-order valence-corrected chi connectivity index (χ0v) is 13.5. The molecule has 1 fully saturated rings. The van der Waals surface area contributed by atoms with Crippen LogP contribution in [-0.4, -0.2) is 53.6 Å². The van der Waals surface area contributed by atoms with Crippen molar-refractivity contribution in [2.45, 2.75) is 31.8 Å². The molecule has 122 valence electrons. The minimum Gasteiger partial charge on any atom is -0.480 e. The maximum Gasteiger partial charge on any atom is 0.317 e. The average Bonchev–Trinajstić information content (AvgIpc) is 2.69. The Kier molecular flexibility index (Phi) is 6.17. The SMILES string of the molecule is CN(CC(=O)O)C1CCCN(Cc2cccc(Cl)c2F)CC1. The molecule has 0 aromatic heterocycles. The molecule has 1 aliphatic rings. The van der Waals surface area contributed by atoms with E-state index in [9.17, 15) is 9.18 Å². The Labute approximate surface area is 135 Å². The van der Waals surface area contributed by atoms with Crippen LogP contribution in [-0.2, 0) is 11.3 Å². The van der Waals surface area contributed by atoms with Gasteiger partial charge in [0.15, 0.2) is 0 Å². The summed E-state index contributed by atoms with van der Waals surface area (Å²) in [6.45, 7) is 2.33. The van der Waals surface area contributed by atoms with Crippen LogP contribution in [0.1, 0.15) is 24.8 Å². The number of carbonyl (C=O) groups is 1. The Morgan fingerprint density at radius 1 is 1.45 bits per heavy atom. The van der Waals surface area contributed by atoms with E-state index in [1.54, 1.807) is 18.2 Å². The molecule has 1 N–H and O–H groups in total. The monoisotopic (exact) mass is 328 g/mol. The minimum atomic E-state index is -0.801. The van der Waals surface area contributed by atoms with Crippen LogP contribution in [0.5, 0.6) is 0 Å². The molecule has 1 atom stereocenters. The van der Waals surface area contributed by atoms with Gasteiger partial charge in [-0.2, -0.15) is 0 Å². The molecule has 0 radical (unpaired) electrons. The first-order valence-corrected chi connectivity index (χ1v) is 7.92. The number of likely N-dealkylation sites (N-methyl/N-ethyl adjacent to an activating group) is 1. The third-order valence-electron chi connectivity index (χ3n) is 4.22. The van der Waals surface area contributed by atoms with Gasteiger partial charge < -0.3 is 5.11 Å². The first-order chi connectivity index (χ1) is 10.5. The van der Waals surface area contributed by atoms with Crippen molar-refractivity contribution in [3.05, 3.63) is 34.6 Å². The van der Waals surface area contributed by atoms with Crippen LogP contribution < -0.4 is 0 Å². The molecule has 2 rings (SSSR count). The normalized spacial score (nSPS) is 20.1. The quantitative estimate of drug-likeness (QED) is 0.902. The molecule has 0 aliphatic carbocycles. The lowest BCUT2D eigenvalue weighted by atomic mass is 10.1. The highest BCUT2D eigenvalue weighted by Crippen LogP contribution is 2.22. The van der Waals surface area contributed by atoms with E-state index in [0.29, 0.717) is 12.1 Å². The van der Waals surface area contributed by atoms with Gasteiger partial charge in [0, 0.05) is 18.2 Å². The Bertz CT molecular complexity index is 527. The predicted octanol–water partition coefficient (Wildman–Crippen LogP) is 2.85. The fraction of sp³-hybridized carbons (Fsp3) is 0.562. The molecular weight excluding hydrogens is 307 g/mol. The molecule has 0 saturated carbocycles. The van der Waals surface area contributed by atoms with E-state index in [-0.39, 0.29) is 23.4 Å². The highest BCUT2D eigenvalue weighted by molar-refractivity contribution is 6.30. The van der Waals surface area contributed by atoms with Crippen molar-refractivity contribution < 1.29 is 14.3 Å². The Balaban J connectivity index is 1.93. The summed E-state index contributed by atoms with van der Waals surface area (Å²) in [4.78, 5) is 14.9. The lowest BCUT2D eigenvalue weighted by Gasteiger charge is -2.25. The second-order valence-electron chi connectivity index (χ2n) is 5.88. The maximum absolute atomic E-state index is 14.0. The second kappa shape index (κ2) is 7.90. The van der Waals surface area contributed by atoms with Gasteiger partial charge >= 0.3 is 5.97 Å². The van der Waals surface area contributed by atoms with Gasteiger partial charge in [0.2, 0.25) is 0 Å². The van der Waals surface area contributed by atoms with Crippen molar-refractivity contribution in [3.63, 3.8) is 0 Å². The smallest absolute Gasteiger partial charge is 0.317 e. The van der Waals surface area contributed by atoms with E-state index in [2.05, 4.69) is 4.90 Å². The molecule has 1 unspecified atom stereocenters. The first kappa shape index (κ1) is 17.2.